The van der Waals surface area contributed by atoms with Crippen molar-refractivity contribution >= 4 is 22.8 Å². The number of benzene rings is 2. The first-order valence-corrected chi connectivity index (χ1v) is 10.5. The Balaban J connectivity index is 1.82. The van der Waals surface area contributed by atoms with Gasteiger partial charge in [0.1, 0.15) is 17.4 Å². The smallest absolute Gasteiger partial charge is 0.336 e. The summed E-state index contributed by atoms with van der Waals surface area (Å²) in [6.45, 7) is 5.38. The van der Waals surface area contributed by atoms with Crippen LogP contribution in [0.1, 0.15) is 27.2 Å². The van der Waals surface area contributed by atoms with Crippen LogP contribution in [0.3, 0.4) is 0 Å². The normalized spacial score (nSPS) is 13.8. The van der Waals surface area contributed by atoms with E-state index >= 15 is 0 Å². The van der Waals surface area contributed by atoms with Crippen LogP contribution in [0.5, 0.6) is 5.75 Å². The molecule has 3 rings (SSSR count). The van der Waals surface area contributed by atoms with Gasteiger partial charge in [0, 0.05) is 17.5 Å². The highest BCUT2D eigenvalue weighted by Gasteiger charge is 2.29. The van der Waals surface area contributed by atoms with Crippen molar-refractivity contribution in [3.63, 3.8) is 0 Å². The lowest BCUT2D eigenvalue weighted by Crippen LogP contribution is -2.49. The molecule has 3 atom stereocenters. The van der Waals surface area contributed by atoms with Crippen molar-refractivity contribution < 1.29 is 23.5 Å². The van der Waals surface area contributed by atoms with Gasteiger partial charge < -0.3 is 19.2 Å². The lowest BCUT2D eigenvalue weighted by molar-refractivity contribution is -0.147. The summed E-state index contributed by atoms with van der Waals surface area (Å²) in [5.41, 5.74) is 1.52. The Morgan fingerprint density at radius 3 is 2.44 bits per heavy atom. The highest BCUT2D eigenvalue weighted by Crippen LogP contribution is 2.29. The summed E-state index contributed by atoms with van der Waals surface area (Å²) in [5, 5.41) is 3.46. The molecule has 1 amide bonds. The van der Waals surface area contributed by atoms with Crippen LogP contribution < -0.4 is 15.7 Å². The summed E-state index contributed by atoms with van der Waals surface area (Å²) in [6.07, 6.45) is -0.185. The van der Waals surface area contributed by atoms with Crippen molar-refractivity contribution in [1.29, 1.82) is 0 Å². The molecule has 3 aromatic rings. The van der Waals surface area contributed by atoms with Gasteiger partial charge >= 0.3 is 11.6 Å². The van der Waals surface area contributed by atoms with E-state index in [1.54, 1.807) is 25.1 Å². The quantitative estimate of drug-likeness (QED) is 0.424. The monoisotopic (exact) mass is 437 g/mol. The highest BCUT2D eigenvalue weighted by molar-refractivity contribution is 5.94. The second-order valence-electron chi connectivity index (χ2n) is 7.66. The van der Waals surface area contributed by atoms with E-state index in [0.29, 0.717) is 17.8 Å². The maximum Gasteiger partial charge on any atom is 0.336 e. The summed E-state index contributed by atoms with van der Waals surface area (Å²) in [5.74, 6) is -0.669. The molecule has 0 aliphatic rings. The van der Waals surface area contributed by atoms with Crippen LogP contribution in [0.2, 0.25) is 0 Å². The van der Waals surface area contributed by atoms with Crippen molar-refractivity contribution in [2.24, 2.45) is 5.92 Å². The molecule has 0 saturated heterocycles. The molecule has 0 spiro atoms. The average Bonchev–Trinajstić information content (AvgIpc) is 2.81. The zero-order valence-corrected chi connectivity index (χ0v) is 18.6. The van der Waals surface area contributed by atoms with E-state index in [1.165, 1.54) is 13.2 Å². The maximum atomic E-state index is 12.6. The van der Waals surface area contributed by atoms with Crippen molar-refractivity contribution in [3.05, 3.63) is 65.0 Å². The zero-order chi connectivity index (χ0) is 23.3. The molecule has 1 aromatic heterocycles. The van der Waals surface area contributed by atoms with E-state index in [9.17, 15) is 14.4 Å². The predicted octanol–water partition coefficient (Wildman–Crippen LogP) is 3.93. The fourth-order valence-corrected chi connectivity index (χ4v) is 3.40. The molecular weight excluding hydrogens is 410 g/mol. The number of nitrogens with one attached hydrogen (secondary N) is 1. The molecule has 168 valence electrons. The van der Waals surface area contributed by atoms with Crippen molar-refractivity contribution in [2.45, 2.75) is 39.3 Å². The van der Waals surface area contributed by atoms with Gasteiger partial charge in [-0.15, -0.1) is 0 Å². The number of carbonyl (C=O) groups excluding carboxylic acids is 2. The number of rotatable bonds is 8. The molecule has 0 aliphatic carbocycles. The van der Waals surface area contributed by atoms with Crippen LogP contribution in [0.25, 0.3) is 22.1 Å². The molecule has 0 bridgehead atoms. The third kappa shape index (κ3) is 5.17. The number of hydrogen-bond donors (Lipinski definition) is 1. The summed E-state index contributed by atoms with van der Waals surface area (Å²) in [6, 6.07) is 15.3. The number of amides is 1. The second-order valence-corrected chi connectivity index (χ2v) is 7.66. The van der Waals surface area contributed by atoms with Crippen LogP contribution >= 0.6 is 0 Å². The Labute approximate surface area is 186 Å². The molecule has 2 unspecified atom stereocenters. The second kappa shape index (κ2) is 10.1. The summed E-state index contributed by atoms with van der Waals surface area (Å²) < 4.78 is 15.9. The van der Waals surface area contributed by atoms with E-state index in [2.05, 4.69) is 5.32 Å². The number of methoxy groups -OCH3 is 1. The zero-order valence-electron chi connectivity index (χ0n) is 18.6. The Morgan fingerprint density at radius 2 is 1.78 bits per heavy atom. The Morgan fingerprint density at radius 1 is 1.06 bits per heavy atom. The van der Waals surface area contributed by atoms with E-state index in [1.807, 2.05) is 44.2 Å². The molecule has 1 heterocycles. The Hall–Kier alpha value is -3.61. The number of fused-ring (bicyclic) bond motifs is 1. The molecule has 7 heteroatoms. The number of hydrogen-bond acceptors (Lipinski definition) is 6. The van der Waals surface area contributed by atoms with Crippen molar-refractivity contribution in [2.75, 3.05) is 7.11 Å². The average molecular weight is 437 g/mol. The lowest BCUT2D eigenvalue weighted by atomic mass is 9.99. The first-order valence-electron chi connectivity index (χ1n) is 10.5. The standard InChI is InChI=1S/C25H27NO6/c1-5-15(2)23(25(29)30-4)26-24(28)16(3)31-18-11-12-19-20(17-9-7-6-8-10-17)14-22(27)32-21(19)13-18/h6-16,23H,5H2,1-4H3,(H,26,28)/t15?,16?,23-/m1/s1. The molecule has 0 aliphatic heterocycles. The molecule has 32 heavy (non-hydrogen) atoms. The van der Waals surface area contributed by atoms with E-state index in [-0.39, 0.29) is 5.92 Å². The SMILES string of the molecule is CCC(C)[C@@H](NC(=O)C(C)Oc1ccc2c(-c3ccccc3)cc(=O)oc2c1)C(=O)OC. The minimum absolute atomic E-state index is 0.0926. The third-order valence-corrected chi connectivity index (χ3v) is 5.45. The van der Waals surface area contributed by atoms with Gasteiger partial charge in [-0.05, 0) is 36.1 Å². The number of ether oxygens (including phenoxy) is 2. The molecule has 1 N–H and O–H groups in total. The van der Waals surface area contributed by atoms with Gasteiger partial charge in [0.25, 0.3) is 5.91 Å². The Bertz CT molecular complexity index is 1150. The van der Waals surface area contributed by atoms with Crippen molar-refractivity contribution in [3.8, 4) is 16.9 Å². The number of carbonyl (C=O) groups is 2. The van der Waals surface area contributed by atoms with E-state index in [0.717, 1.165) is 16.5 Å². The highest BCUT2D eigenvalue weighted by atomic mass is 16.5. The fourth-order valence-electron chi connectivity index (χ4n) is 3.40. The lowest BCUT2D eigenvalue weighted by Gasteiger charge is -2.24. The van der Waals surface area contributed by atoms with E-state index in [4.69, 9.17) is 13.9 Å². The summed E-state index contributed by atoms with van der Waals surface area (Å²) >= 11 is 0. The molecule has 0 fully saturated rings. The van der Waals surface area contributed by atoms with Crippen LogP contribution in [0, 0.1) is 5.92 Å². The molecule has 7 nitrogen and oxygen atoms in total. The minimum Gasteiger partial charge on any atom is -0.481 e. The topological polar surface area (TPSA) is 94.8 Å². The molecular formula is C25H27NO6. The van der Waals surface area contributed by atoms with Gasteiger partial charge in [-0.3, -0.25) is 4.79 Å². The largest absolute Gasteiger partial charge is 0.481 e. The Kier molecular flexibility index (Phi) is 7.30. The number of esters is 1. The van der Waals surface area contributed by atoms with Gasteiger partial charge in [-0.25, -0.2) is 9.59 Å². The minimum atomic E-state index is -0.882. The predicted molar refractivity (Wildman–Crippen MR) is 121 cm³/mol. The van der Waals surface area contributed by atoms with Gasteiger partial charge in [-0.1, -0.05) is 50.6 Å². The molecule has 0 saturated carbocycles. The first kappa shape index (κ1) is 23.1. The summed E-state index contributed by atoms with van der Waals surface area (Å²) in [4.78, 5) is 36.8. The third-order valence-electron chi connectivity index (χ3n) is 5.45. The van der Waals surface area contributed by atoms with Crippen LogP contribution in [-0.4, -0.2) is 31.1 Å². The van der Waals surface area contributed by atoms with Gasteiger partial charge in [0.15, 0.2) is 6.10 Å². The van der Waals surface area contributed by atoms with E-state index < -0.39 is 29.6 Å². The van der Waals surface area contributed by atoms with Gasteiger partial charge in [0.2, 0.25) is 0 Å². The first-order chi connectivity index (χ1) is 15.3. The van der Waals surface area contributed by atoms with Crippen LogP contribution in [0.4, 0.5) is 0 Å². The summed E-state index contributed by atoms with van der Waals surface area (Å²) in [7, 11) is 1.29. The van der Waals surface area contributed by atoms with Crippen LogP contribution in [-0.2, 0) is 14.3 Å². The molecule has 2 aromatic carbocycles. The van der Waals surface area contributed by atoms with Crippen molar-refractivity contribution in [1.82, 2.24) is 5.32 Å². The fraction of sp³-hybridized carbons (Fsp3) is 0.320. The molecule has 0 radical (unpaired) electrons. The van der Waals surface area contributed by atoms with Gasteiger partial charge in [0.05, 0.1) is 7.11 Å². The van der Waals surface area contributed by atoms with Crippen LogP contribution in [0.15, 0.2) is 63.8 Å². The maximum absolute atomic E-state index is 12.6. The van der Waals surface area contributed by atoms with Gasteiger partial charge in [-0.2, -0.15) is 0 Å².